The first kappa shape index (κ1) is 28.8. The molecule has 0 saturated carbocycles. The highest BCUT2D eigenvalue weighted by atomic mass is 35.5. The Morgan fingerprint density at radius 1 is 0.974 bits per heavy atom. The monoisotopic (exact) mass is 569 g/mol. The van der Waals surface area contributed by atoms with Crippen molar-refractivity contribution in [1.82, 2.24) is 15.1 Å². The first-order chi connectivity index (χ1) is 18.8. The average Bonchev–Trinajstić information content (AvgIpc) is 3.19. The van der Waals surface area contributed by atoms with Gasteiger partial charge in [-0.25, -0.2) is 0 Å². The largest absolute Gasteiger partial charge is 0.354 e. The van der Waals surface area contributed by atoms with Crippen molar-refractivity contribution in [2.75, 3.05) is 13.1 Å². The van der Waals surface area contributed by atoms with E-state index in [4.69, 9.17) is 23.2 Å². The van der Waals surface area contributed by atoms with Crippen molar-refractivity contribution < 1.29 is 19.2 Å². The van der Waals surface area contributed by atoms with Crippen molar-refractivity contribution in [1.29, 1.82) is 0 Å². The summed E-state index contributed by atoms with van der Waals surface area (Å²) in [6, 6.07) is 13.7. The van der Waals surface area contributed by atoms with Crippen molar-refractivity contribution in [3.63, 3.8) is 0 Å². The lowest BCUT2D eigenvalue weighted by atomic mass is 9.85. The van der Waals surface area contributed by atoms with Crippen LogP contribution >= 0.6 is 23.2 Å². The molecular formula is C30H33Cl2N3O4. The number of benzene rings is 2. The maximum Gasteiger partial charge on any atom is 0.243 e. The Kier molecular flexibility index (Phi) is 9.81. The summed E-state index contributed by atoms with van der Waals surface area (Å²) >= 11 is 12.9. The lowest BCUT2D eigenvalue weighted by Crippen LogP contribution is -2.51. The van der Waals surface area contributed by atoms with Gasteiger partial charge in [-0.3, -0.25) is 24.1 Å². The number of fused-ring (bicyclic) bond motifs is 1. The molecule has 1 heterocycles. The van der Waals surface area contributed by atoms with E-state index < -0.39 is 6.04 Å². The van der Waals surface area contributed by atoms with Gasteiger partial charge >= 0.3 is 0 Å². The minimum Gasteiger partial charge on any atom is -0.354 e. The Balaban J connectivity index is 1.61. The molecule has 2 aromatic carbocycles. The maximum absolute atomic E-state index is 13.9. The molecule has 1 N–H and O–H groups in total. The van der Waals surface area contributed by atoms with Gasteiger partial charge in [0.05, 0.1) is 11.8 Å². The van der Waals surface area contributed by atoms with Gasteiger partial charge in [0, 0.05) is 48.1 Å². The molecular weight excluding hydrogens is 537 g/mol. The lowest BCUT2D eigenvalue weighted by Gasteiger charge is -2.32. The molecule has 1 fully saturated rings. The first-order valence-corrected chi connectivity index (χ1v) is 14.1. The van der Waals surface area contributed by atoms with E-state index in [1.165, 1.54) is 9.80 Å². The number of carbonyl (C=O) groups is 4. The lowest BCUT2D eigenvalue weighted by molar-refractivity contribution is -0.144. The van der Waals surface area contributed by atoms with Crippen molar-refractivity contribution in [2.24, 2.45) is 11.8 Å². The Labute approximate surface area is 239 Å². The molecule has 9 heteroatoms. The molecule has 2 aliphatic rings. The summed E-state index contributed by atoms with van der Waals surface area (Å²) in [5.74, 6) is -1.84. The molecule has 4 amide bonds. The van der Waals surface area contributed by atoms with E-state index >= 15 is 0 Å². The predicted molar refractivity (Wildman–Crippen MR) is 151 cm³/mol. The van der Waals surface area contributed by atoms with Crippen LogP contribution in [0, 0.1) is 11.8 Å². The number of amides is 4. The summed E-state index contributed by atoms with van der Waals surface area (Å²) < 4.78 is 0. The van der Waals surface area contributed by atoms with Crippen LogP contribution in [0.5, 0.6) is 0 Å². The SMILES string of the molecule is CCCNC(=O)C(Cc1ccccc1)N(Cc1c(Cl)cccc1Cl)C(=O)CCN1C(=O)[C@H]2CC=CC[C@H]2C1=O. The number of hydrogen-bond acceptors (Lipinski definition) is 4. The maximum atomic E-state index is 13.9. The molecule has 0 radical (unpaired) electrons. The minimum absolute atomic E-state index is 0.00540. The van der Waals surface area contributed by atoms with Crippen molar-refractivity contribution in [3.8, 4) is 0 Å². The van der Waals surface area contributed by atoms with Crippen LogP contribution in [-0.2, 0) is 32.1 Å². The fourth-order valence-electron chi connectivity index (χ4n) is 5.21. The van der Waals surface area contributed by atoms with E-state index in [1.54, 1.807) is 18.2 Å². The second-order valence-electron chi connectivity index (χ2n) is 9.95. The smallest absolute Gasteiger partial charge is 0.243 e. The van der Waals surface area contributed by atoms with Crippen LogP contribution in [0.1, 0.15) is 43.7 Å². The first-order valence-electron chi connectivity index (χ1n) is 13.4. The molecule has 2 aromatic rings. The van der Waals surface area contributed by atoms with Crippen LogP contribution in [0.15, 0.2) is 60.7 Å². The number of nitrogens with zero attached hydrogens (tertiary/aromatic N) is 2. The fraction of sp³-hybridized carbons (Fsp3) is 0.400. The van der Waals surface area contributed by atoms with Crippen LogP contribution < -0.4 is 5.32 Å². The topological polar surface area (TPSA) is 86.8 Å². The molecule has 206 valence electrons. The van der Waals surface area contributed by atoms with Gasteiger partial charge in [-0.05, 0) is 37.0 Å². The zero-order valence-electron chi connectivity index (χ0n) is 21.9. The third-order valence-corrected chi connectivity index (χ3v) is 8.07. The number of hydrogen-bond donors (Lipinski definition) is 1. The zero-order chi connectivity index (χ0) is 27.9. The summed E-state index contributed by atoms with van der Waals surface area (Å²) in [6.07, 6.45) is 5.84. The molecule has 1 aliphatic carbocycles. The highest BCUT2D eigenvalue weighted by Crippen LogP contribution is 2.35. The van der Waals surface area contributed by atoms with Gasteiger partial charge in [-0.15, -0.1) is 0 Å². The van der Waals surface area contributed by atoms with E-state index in [9.17, 15) is 19.2 Å². The Morgan fingerprint density at radius 2 is 1.59 bits per heavy atom. The summed E-state index contributed by atoms with van der Waals surface area (Å²) in [6.45, 7) is 2.39. The molecule has 0 aromatic heterocycles. The number of rotatable bonds is 11. The molecule has 0 bridgehead atoms. The van der Waals surface area contributed by atoms with E-state index in [2.05, 4.69) is 5.32 Å². The van der Waals surface area contributed by atoms with Gasteiger partial charge in [0.15, 0.2) is 0 Å². The van der Waals surface area contributed by atoms with Gasteiger partial charge < -0.3 is 10.2 Å². The molecule has 39 heavy (non-hydrogen) atoms. The van der Waals surface area contributed by atoms with E-state index in [0.717, 1.165) is 12.0 Å². The van der Waals surface area contributed by atoms with Crippen molar-refractivity contribution in [2.45, 2.75) is 51.6 Å². The van der Waals surface area contributed by atoms with Gasteiger partial charge in [0.25, 0.3) is 0 Å². The summed E-state index contributed by atoms with van der Waals surface area (Å²) in [5, 5.41) is 3.69. The highest BCUT2D eigenvalue weighted by molar-refractivity contribution is 6.36. The standard InChI is InChI=1S/C30H33Cl2N3O4/c1-2-16-33-28(37)26(18-20-9-4-3-5-10-20)35(19-23-24(31)13-8-14-25(23)32)27(36)15-17-34-29(38)21-11-6-7-12-22(21)30(34)39/h3-10,13-14,21-22,26H,2,11-12,15-19H2,1H3,(H,33,37)/t21-,22+,26?. The highest BCUT2D eigenvalue weighted by Gasteiger charge is 2.47. The minimum atomic E-state index is -0.851. The van der Waals surface area contributed by atoms with E-state index in [0.29, 0.717) is 35.0 Å². The van der Waals surface area contributed by atoms with Gasteiger partial charge in [-0.1, -0.05) is 78.7 Å². The van der Waals surface area contributed by atoms with Crippen LogP contribution in [0.2, 0.25) is 10.0 Å². The Bertz CT molecular complexity index is 1200. The van der Waals surface area contributed by atoms with E-state index in [-0.39, 0.29) is 61.4 Å². The van der Waals surface area contributed by atoms with Gasteiger partial charge in [-0.2, -0.15) is 0 Å². The Hall–Kier alpha value is -3.16. The number of halogens is 2. The number of nitrogens with one attached hydrogen (secondary N) is 1. The molecule has 4 rings (SSSR count). The van der Waals surface area contributed by atoms with E-state index in [1.807, 2.05) is 49.4 Å². The molecule has 1 aliphatic heterocycles. The quantitative estimate of drug-likeness (QED) is 0.311. The van der Waals surface area contributed by atoms with Crippen LogP contribution in [0.3, 0.4) is 0 Å². The number of allylic oxidation sites excluding steroid dienone is 2. The predicted octanol–water partition coefficient (Wildman–Crippen LogP) is 4.80. The van der Waals surface area contributed by atoms with Gasteiger partial charge in [0.2, 0.25) is 23.6 Å². The molecule has 3 atom stereocenters. The third-order valence-electron chi connectivity index (χ3n) is 7.36. The number of carbonyl (C=O) groups excluding carboxylic acids is 4. The van der Waals surface area contributed by atoms with Crippen molar-refractivity contribution >= 4 is 46.8 Å². The summed E-state index contributed by atoms with van der Waals surface area (Å²) in [4.78, 5) is 55.9. The summed E-state index contributed by atoms with van der Waals surface area (Å²) in [7, 11) is 0. The van der Waals surface area contributed by atoms with Crippen LogP contribution in [-0.4, -0.2) is 52.6 Å². The third kappa shape index (κ3) is 6.71. The number of likely N-dealkylation sites (tertiary alicyclic amines) is 1. The second-order valence-corrected chi connectivity index (χ2v) is 10.8. The fourth-order valence-corrected chi connectivity index (χ4v) is 5.73. The van der Waals surface area contributed by atoms with Crippen LogP contribution in [0.4, 0.5) is 0 Å². The molecule has 0 spiro atoms. The zero-order valence-corrected chi connectivity index (χ0v) is 23.5. The molecule has 1 saturated heterocycles. The molecule has 1 unspecified atom stereocenters. The van der Waals surface area contributed by atoms with Crippen LogP contribution in [0.25, 0.3) is 0 Å². The summed E-state index contributed by atoms with van der Waals surface area (Å²) in [5.41, 5.74) is 1.42. The van der Waals surface area contributed by atoms with Crippen molar-refractivity contribution in [3.05, 3.63) is 81.9 Å². The number of imide groups is 1. The Morgan fingerprint density at radius 3 is 2.18 bits per heavy atom. The molecule has 7 nitrogen and oxygen atoms in total. The normalized spacial score (nSPS) is 19.1. The van der Waals surface area contributed by atoms with Gasteiger partial charge in [0.1, 0.15) is 6.04 Å². The average molecular weight is 571 g/mol. The second kappa shape index (κ2) is 13.3.